The molecule has 25 heavy (non-hydrogen) atoms. The molecule has 1 unspecified atom stereocenters. The monoisotopic (exact) mass is 347 g/mol. The van der Waals surface area contributed by atoms with Crippen LogP contribution in [0.3, 0.4) is 0 Å². The number of nitrogens with two attached hydrogens (primary N) is 1. The third-order valence-electron chi connectivity index (χ3n) is 5.51. The van der Waals surface area contributed by atoms with E-state index in [-0.39, 0.29) is 24.3 Å². The summed E-state index contributed by atoms with van der Waals surface area (Å²) in [5, 5.41) is 9.07. The molecule has 2 aliphatic carbocycles. The van der Waals surface area contributed by atoms with Crippen LogP contribution < -0.4 is 5.73 Å². The number of amides is 1. The fourth-order valence-electron chi connectivity index (χ4n) is 4.43. The van der Waals surface area contributed by atoms with Crippen molar-refractivity contribution in [3.05, 3.63) is 35.1 Å². The first-order valence-electron chi connectivity index (χ1n) is 8.13. The lowest BCUT2D eigenvalue weighted by molar-refractivity contribution is -0.154. The van der Waals surface area contributed by atoms with Gasteiger partial charge in [-0.15, -0.1) is 0 Å². The van der Waals surface area contributed by atoms with Crippen molar-refractivity contribution in [2.24, 2.45) is 17.1 Å². The number of hydrogen-bond acceptors (Lipinski definition) is 4. The molecule has 2 fully saturated rings. The van der Waals surface area contributed by atoms with Crippen molar-refractivity contribution in [1.29, 1.82) is 0 Å². The molecule has 3 rings (SSSR count). The minimum absolute atomic E-state index is 0.0443. The van der Waals surface area contributed by atoms with E-state index in [0.29, 0.717) is 18.4 Å². The molecule has 0 radical (unpaired) electrons. The summed E-state index contributed by atoms with van der Waals surface area (Å²) in [5.74, 6) is -5.93. The maximum Gasteiger partial charge on any atom is 0.321 e. The molecular weight excluding hydrogens is 329 g/mol. The molecule has 2 saturated carbocycles. The molecule has 1 amide bonds. The number of Topliss-reactive ketones (excluding diaryl/α,β-unsaturated/α-hetero) is 2. The highest BCUT2D eigenvalue weighted by atomic mass is 19.1. The third kappa shape index (κ3) is 2.83. The molecule has 1 aromatic carbocycles. The molecule has 1 aromatic rings. The molecule has 3 N–H and O–H groups in total. The summed E-state index contributed by atoms with van der Waals surface area (Å²) in [5.41, 5.74) is 4.81. The van der Waals surface area contributed by atoms with E-state index < -0.39 is 40.6 Å². The van der Waals surface area contributed by atoms with E-state index in [1.54, 1.807) is 0 Å². The molecule has 0 aliphatic heterocycles. The zero-order valence-corrected chi connectivity index (χ0v) is 13.5. The zero-order valence-electron chi connectivity index (χ0n) is 13.5. The summed E-state index contributed by atoms with van der Waals surface area (Å²) in [4.78, 5) is 46.8. The second kappa shape index (κ2) is 6.06. The first kappa shape index (κ1) is 17.3. The van der Waals surface area contributed by atoms with Crippen LogP contribution in [-0.2, 0) is 14.4 Å². The lowest BCUT2D eigenvalue weighted by atomic mass is 9.62. The largest absolute Gasteiger partial charge is 0.480 e. The highest BCUT2D eigenvalue weighted by molar-refractivity contribution is 6.18. The molecule has 7 heteroatoms. The lowest BCUT2D eigenvalue weighted by Crippen LogP contribution is -2.45. The van der Waals surface area contributed by atoms with E-state index in [9.17, 15) is 23.6 Å². The number of ketones is 2. The Morgan fingerprint density at radius 1 is 1.20 bits per heavy atom. The number of carboxylic acids is 1. The first-order valence-corrected chi connectivity index (χ1v) is 8.13. The first-order chi connectivity index (χ1) is 11.7. The number of benzene rings is 1. The van der Waals surface area contributed by atoms with Gasteiger partial charge in [-0.25, -0.2) is 4.39 Å². The molecular formula is C18H18FNO5. The maximum atomic E-state index is 14.5. The summed E-state index contributed by atoms with van der Waals surface area (Å²) < 4.78 is 14.5. The van der Waals surface area contributed by atoms with E-state index in [0.717, 1.165) is 12.5 Å². The summed E-state index contributed by atoms with van der Waals surface area (Å²) in [6.07, 6.45) is 1.80. The van der Waals surface area contributed by atoms with Crippen LogP contribution >= 0.6 is 0 Å². The average Bonchev–Trinajstić information content (AvgIpc) is 2.88. The Morgan fingerprint density at radius 2 is 1.84 bits per heavy atom. The number of aliphatic carboxylic acids is 1. The molecule has 0 heterocycles. The highest BCUT2D eigenvalue weighted by Gasteiger charge is 2.53. The number of carbonyl (C=O) groups excluding carboxylic acids is 3. The third-order valence-corrected chi connectivity index (χ3v) is 5.51. The molecule has 132 valence electrons. The maximum absolute atomic E-state index is 14.5. The summed E-state index contributed by atoms with van der Waals surface area (Å²) in [6.45, 7) is 0. The fourth-order valence-corrected chi connectivity index (χ4v) is 4.43. The van der Waals surface area contributed by atoms with Crippen LogP contribution in [0.25, 0.3) is 0 Å². The summed E-state index contributed by atoms with van der Waals surface area (Å²) >= 11 is 0. The molecule has 1 spiro atoms. The summed E-state index contributed by atoms with van der Waals surface area (Å²) in [7, 11) is 0. The quantitative estimate of drug-likeness (QED) is 0.809. The van der Waals surface area contributed by atoms with Gasteiger partial charge < -0.3 is 10.8 Å². The molecule has 0 aromatic heterocycles. The van der Waals surface area contributed by atoms with Crippen molar-refractivity contribution in [2.75, 3.05) is 0 Å². The minimum Gasteiger partial charge on any atom is -0.480 e. The Morgan fingerprint density at radius 3 is 2.36 bits per heavy atom. The van der Waals surface area contributed by atoms with Gasteiger partial charge in [0.25, 0.3) is 0 Å². The number of primary amides is 1. The van der Waals surface area contributed by atoms with Gasteiger partial charge in [0.05, 0.1) is 0 Å². The van der Waals surface area contributed by atoms with Crippen LogP contribution in [-0.4, -0.2) is 28.5 Å². The van der Waals surface area contributed by atoms with Gasteiger partial charge in [0.1, 0.15) is 5.82 Å². The smallest absolute Gasteiger partial charge is 0.321 e. The number of carbonyl (C=O) groups is 4. The summed E-state index contributed by atoms with van der Waals surface area (Å²) in [6, 6.07) is 3.97. The molecule has 6 nitrogen and oxygen atoms in total. The topological polar surface area (TPSA) is 115 Å². The zero-order chi connectivity index (χ0) is 18.4. The van der Waals surface area contributed by atoms with Gasteiger partial charge in [0.2, 0.25) is 5.91 Å². The standard InChI is InChI=1S/C18H18FNO5/c19-12-6-9(16(20)23)3-4-10(12)11-2-1-5-18(11)7-13(21)15(17(24)25)14(22)8-18/h3-4,6,11,15H,1-2,5,7-8H2,(H2,20,23)(H,24,25). The Labute approximate surface area is 143 Å². The van der Waals surface area contributed by atoms with Gasteiger partial charge in [-0.1, -0.05) is 12.5 Å². The Hall–Kier alpha value is -2.57. The number of rotatable bonds is 3. The van der Waals surface area contributed by atoms with Crippen molar-refractivity contribution in [3.8, 4) is 0 Å². The van der Waals surface area contributed by atoms with E-state index in [1.165, 1.54) is 12.1 Å². The van der Waals surface area contributed by atoms with Gasteiger partial charge in [0.15, 0.2) is 17.5 Å². The Kier molecular flexibility index (Phi) is 4.18. The van der Waals surface area contributed by atoms with Gasteiger partial charge in [0, 0.05) is 18.4 Å². The molecule has 1 atom stereocenters. The Balaban J connectivity index is 1.96. The van der Waals surface area contributed by atoms with Crippen molar-refractivity contribution >= 4 is 23.4 Å². The molecule has 2 aliphatic rings. The van der Waals surface area contributed by atoms with Crippen molar-refractivity contribution in [2.45, 2.75) is 38.0 Å². The molecule has 0 saturated heterocycles. The predicted molar refractivity (Wildman–Crippen MR) is 84.3 cm³/mol. The number of halogens is 1. The van der Waals surface area contributed by atoms with Gasteiger partial charge in [-0.3, -0.25) is 19.2 Å². The van der Waals surface area contributed by atoms with Crippen LogP contribution in [0.5, 0.6) is 0 Å². The van der Waals surface area contributed by atoms with Crippen molar-refractivity contribution in [1.82, 2.24) is 0 Å². The van der Waals surface area contributed by atoms with E-state index in [1.807, 2.05) is 0 Å². The SMILES string of the molecule is NC(=O)c1ccc(C2CCCC23CC(=O)C(C(=O)O)C(=O)C3)c(F)c1. The second-order valence-corrected chi connectivity index (χ2v) is 6.97. The van der Waals surface area contributed by atoms with E-state index in [4.69, 9.17) is 10.8 Å². The van der Waals surface area contributed by atoms with Crippen LogP contribution in [0.15, 0.2) is 18.2 Å². The number of hydrogen-bond donors (Lipinski definition) is 2. The fraction of sp³-hybridized carbons (Fsp3) is 0.444. The molecule has 0 bridgehead atoms. The van der Waals surface area contributed by atoms with Crippen LogP contribution in [0.1, 0.15) is 53.9 Å². The predicted octanol–water partition coefficient (Wildman–Crippen LogP) is 1.81. The van der Waals surface area contributed by atoms with E-state index >= 15 is 0 Å². The van der Waals surface area contributed by atoms with Crippen molar-refractivity contribution in [3.63, 3.8) is 0 Å². The van der Waals surface area contributed by atoms with Gasteiger partial charge >= 0.3 is 5.97 Å². The van der Waals surface area contributed by atoms with Crippen molar-refractivity contribution < 1.29 is 28.7 Å². The lowest BCUT2D eigenvalue weighted by Gasteiger charge is -2.39. The van der Waals surface area contributed by atoms with Crippen LogP contribution in [0.4, 0.5) is 4.39 Å². The van der Waals surface area contributed by atoms with Crippen LogP contribution in [0.2, 0.25) is 0 Å². The van der Waals surface area contributed by atoms with Gasteiger partial charge in [-0.05, 0) is 41.9 Å². The van der Waals surface area contributed by atoms with Crippen LogP contribution in [0, 0.1) is 17.2 Å². The van der Waals surface area contributed by atoms with E-state index in [2.05, 4.69) is 0 Å². The second-order valence-electron chi connectivity index (χ2n) is 6.97. The number of carboxylic acid groups (broad SMARTS) is 1. The highest BCUT2D eigenvalue weighted by Crippen LogP contribution is 2.56. The minimum atomic E-state index is -1.60. The van der Waals surface area contributed by atoms with Gasteiger partial charge in [-0.2, -0.15) is 0 Å². The average molecular weight is 347 g/mol. The normalized spacial score (nSPS) is 29.2. The Bertz CT molecular complexity index is 770.